The van der Waals surface area contributed by atoms with Gasteiger partial charge < -0.3 is 49.3 Å². The van der Waals surface area contributed by atoms with Crippen molar-refractivity contribution in [1.82, 2.24) is 44.9 Å². The number of amides is 4. The lowest BCUT2D eigenvalue weighted by atomic mass is 10.0. The number of benzene rings is 3. The second-order valence-electron chi connectivity index (χ2n) is 18.5. The van der Waals surface area contributed by atoms with Crippen molar-refractivity contribution < 1.29 is 28.7 Å². The molecule has 356 valence electrons. The van der Waals surface area contributed by atoms with Crippen LogP contribution >= 0.6 is 0 Å². The first-order chi connectivity index (χ1) is 32.8. The molecule has 6 aromatic rings. The Bertz CT molecular complexity index is 2560. The first-order valence-corrected chi connectivity index (χ1v) is 23.4. The van der Waals surface area contributed by atoms with Crippen LogP contribution in [-0.2, 0) is 19.1 Å². The van der Waals surface area contributed by atoms with Crippen LogP contribution in [-0.4, -0.2) is 112 Å². The molecule has 8 rings (SSSR count). The second kappa shape index (κ2) is 20.2. The van der Waals surface area contributed by atoms with Crippen molar-refractivity contribution in [3.05, 3.63) is 109 Å². The molecule has 3 aromatic heterocycles. The minimum absolute atomic E-state index is 0.120. The highest BCUT2D eigenvalue weighted by Crippen LogP contribution is 2.37. The van der Waals surface area contributed by atoms with Gasteiger partial charge in [0.2, 0.25) is 11.8 Å². The topological polar surface area (TPSA) is 183 Å². The Kier molecular flexibility index (Phi) is 14.0. The molecule has 0 aliphatic carbocycles. The van der Waals surface area contributed by atoms with Gasteiger partial charge >= 0.3 is 12.2 Å². The average Bonchev–Trinajstić information content (AvgIpc) is 4.21. The number of anilines is 1. The lowest BCUT2D eigenvalue weighted by Crippen LogP contribution is -2.51. The SMILES string of the molecule is COC(=O)NC(C(=O)N1CCCC1c1ncc(-c2ccc(-c3ccc(-c4ccc(-c5cnc(C6CCCN6C(=O)C(NC(=O)OC)C(C)C)[nH]5)cc4)n3-c3ccc(N(C)C)cc3)cc2)[nH]1)C(C)C. The van der Waals surface area contributed by atoms with Crippen molar-refractivity contribution in [2.75, 3.05) is 46.3 Å². The van der Waals surface area contributed by atoms with Gasteiger partial charge in [0, 0.05) is 38.6 Å². The van der Waals surface area contributed by atoms with Crippen molar-refractivity contribution >= 4 is 29.7 Å². The molecule has 3 aromatic carbocycles. The van der Waals surface area contributed by atoms with Gasteiger partial charge in [-0.1, -0.05) is 76.2 Å². The number of nitrogens with one attached hydrogen (secondary N) is 4. The maximum Gasteiger partial charge on any atom is 0.407 e. The molecule has 0 bridgehead atoms. The average molecular weight is 923 g/mol. The predicted octanol–water partition coefficient (Wildman–Crippen LogP) is 8.75. The van der Waals surface area contributed by atoms with Crippen molar-refractivity contribution in [3.63, 3.8) is 0 Å². The third kappa shape index (κ3) is 9.71. The summed E-state index contributed by atoms with van der Waals surface area (Å²) in [7, 11) is 6.65. The summed E-state index contributed by atoms with van der Waals surface area (Å²) in [6.07, 6.45) is 5.59. The fourth-order valence-electron chi connectivity index (χ4n) is 9.40. The highest BCUT2D eigenvalue weighted by Gasteiger charge is 2.39. The number of rotatable bonds is 14. The van der Waals surface area contributed by atoms with Crippen LogP contribution < -0.4 is 15.5 Å². The van der Waals surface area contributed by atoms with E-state index in [2.05, 4.69) is 115 Å². The van der Waals surface area contributed by atoms with Gasteiger partial charge in [-0.2, -0.15) is 0 Å². The summed E-state index contributed by atoms with van der Waals surface area (Å²) in [5.74, 6) is 0.899. The lowest BCUT2D eigenvalue weighted by Gasteiger charge is -2.30. The van der Waals surface area contributed by atoms with E-state index in [0.717, 1.165) is 82.1 Å². The third-order valence-electron chi connectivity index (χ3n) is 13.2. The first-order valence-electron chi connectivity index (χ1n) is 23.4. The van der Waals surface area contributed by atoms with Crippen LogP contribution in [0.15, 0.2) is 97.3 Å². The molecule has 5 heterocycles. The Hall–Kier alpha value is -7.36. The van der Waals surface area contributed by atoms with Gasteiger partial charge in [0.05, 0.1) is 61.5 Å². The summed E-state index contributed by atoms with van der Waals surface area (Å²) >= 11 is 0. The van der Waals surface area contributed by atoms with Crippen LogP contribution in [0.5, 0.6) is 0 Å². The number of ether oxygens (including phenoxy) is 2. The normalized spacial score (nSPS) is 16.8. The van der Waals surface area contributed by atoms with E-state index in [9.17, 15) is 19.2 Å². The van der Waals surface area contributed by atoms with Crippen molar-refractivity contribution in [2.45, 2.75) is 77.5 Å². The van der Waals surface area contributed by atoms with Crippen LogP contribution in [0, 0.1) is 11.8 Å². The zero-order chi connectivity index (χ0) is 48.2. The summed E-state index contributed by atoms with van der Waals surface area (Å²) in [6, 6.07) is 27.8. The molecule has 4 unspecified atom stereocenters. The number of aromatic nitrogens is 5. The number of likely N-dealkylation sites (tertiary alicyclic amines) is 2. The molecule has 4 atom stereocenters. The number of carbonyl (C=O) groups excluding carboxylic acids is 4. The highest BCUT2D eigenvalue weighted by molar-refractivity contribution is 5.87. The quantitative estimate of drug-likeness (QED) is 0.0830. The molecule has 68 heavy (non-hydrogen) atoms. The van der Waals surface area contributed by atoms with E-state index in [1.807, 2.05) is 64.0 Å². The molecule has 16 nitrogen and oxygen atoms in total. The largest absolute Gasteiger partial charge is 0.453 e. The van der Waals surface area contributed by atoms with Crippen LogP contribution in [0.4, 0.5) is 15.3 Å². The van der Waals surface area contributed by atoms with Gasteiger partial charge in [-0.3, -0.25) is 9.59 Å². The minimum atomic E-state index is -0.705. The van der Waals surface area contributed by atoms with Crippen molar-refractivity contribution in [1.29, 1.82) is 0 Å². The molecule has 2 saturated heterocycles. The number of imidazole rings is 2. The first kappa shape index (κ1) is 47.1. The molecular formula is C52H62N10O6. The predicted molar refractivity (Wildman–Crippen MR) is 262 cm³/mol. The van der Waals surface area contributed by atoms with E-state index in [0.29, 0.717) is 24.7 Å². The molecular weight excluding hydrogens is 861 g/mol. The maximum atomic E-state index is 13.7. The van der Waals surface area contributed by atoms with E-state index in [-0.39, 0.29) is 35.7 Å². The van der Waals surface area contributed by atoms with Crippen LogP contribution in [0.3, 0.4) is 0 Å². The molecule has 0 radical (unpaired) electrons. The zero-order valence-corrected chi connectivity index (χ0v) is 40.1. The van der Waals surface area contributed by atoms with Gasteiger partial charge in [-0.25, -0.2) is 19.6 Å². The molecule has 0 spiro atoms. The monoisotopic (exact) mass is 922 g/mol. The standard InChI is InChI=1S/C52H62N10O6/c1-31(2)45(57-51(65)67-7)49(63)60-27-9-11-43(60)47-53-29-39(55-47)33-13-17-35(18-14-33)41-25-26-42(62(41)38-23-21-37(22-24-38)59(5)6)36-19-15-34(16-20-36)40-30-54-48(56-40)44-12-10-28-61(44)50(64)46(32(3)4)58-52(66)68-8/h13-26,29-32,43-46H,9-12,27-28H2,1-8H3,(H,53,55)(H,54,56)(H,57,65)(H,58,66). The van der Waals surface area contributed by atoms with Gasteiger partial charge in [-0.05, 0) is 96.2 Å². The van der Waals surface area contributed by atoms with Crippen LogP contribution in [0.1, 0.15) is 77.1 Å². The second-order valence-corrected chi connectivity index (χ2v) is 18.5. The number of alkyl carbamates (subject to hydrolysis) is 2. The van der Waals surface area contributed by atoms with Gasteiger partial charge in [0.1, 0.15) is 23.7 Å². The summed E-state index contributed by atoms with van der Waals surface area (Å²) in [5, 5.41) is 5.43. The summed E-state index contributed by atoms with van der Waals surface area (Å²) < 4.78 is 11.9. The minimum Gasteiger partial charge on any atom is -0.453 e. The van der Waals surface area contributed by atoms with Crippen LogP contribution in [0.2, 0.25) is 0 Å². The molecule has 2 aliphatic heterocycles. The van der Waals surface area contributed by atoms with E-state index < -0.39 is 24.3 Å². The Morgan fingerprint density at radius 3 is 1.37 bits per heavy atom. The molecule has 2 fully saturated rings. The Labute approximate surface area is 397 Å². The fraction of sp³-hybridized carbons (Fsp3) is 0.385. The van der Waals surface area contributed by atoms with Gasteiger partial charge in [0.15, 0.2) is 0 Å². The highest BCUT2D eigenvalue weighted by atomic mass is 16.5. The van der Waals surface area contributed by atoms with E-state index >= 15 is 0 Å². The van der Waals surface area contributed by atoms with E-state index in [4.69, 9.17) is 19.4 Å². The number of nitrogens with zero attached hydrogens (tertiary/aromatic N) is 6. The van der Waals surface area contributed by atoms with Crippen LogP contribution in [0.25, 0.3) is 50.7 Å². The number of H-pyrrole nitrogens is 2. The smallest absolute Gasteiger partial charge is 0.407 e. The molecule has 4 amide bonds. The lowest BCUT2D eigenvalue weighted by molar-refractivity contribution is -0.136. The third-order valence-corrected chi connectivity index (χ3v) is 13.2. The van der Waals surface area contributed by atoms with Crippen molar-refractivity contribution in [3.8, 4) is 50.7 Å². The van der Waals surface area contributed by atoms with E-state index in [1.165, 1.54) is 14.2 Å². The Balaban J connectivity index is 1.03. The van der Waals surface area contributed by atoms with Gasteiger partial charge in [-0.15, -0.1) is 0 Å². The number of hydrogen-bond acceptors (Lipinski definition) is 9. The Morgan fingerprint density at radius 1 is 0.603 bits per heavy atom. The fourth-order valence-corrected chi connectivity index (χ4v) is 9.40. The number of methoxy groups -OCH3 is 2. The molecule has 16 heteroatoms. The Morgan fingerprint density at radius 2 is 1.00 bits per heavy atom. The van der Waals surface area contributed by atoms with E-state index in [1.54, 1.807) is 0 Å². The maximum absolute atomic E-state index is 13.7. The molecule has 4 N–H and O–H groups in total. The summed E-state index contributed by atoms with van der Waals surface area (Å²) in [6.45, 7) is 8.79. The number of hydrogen-bond donors (Lipinski definition) is 4. The summed E-state index contributed by atoms with van der Waals surface area (Å²) in [4.78, 5) is 73.8. The number of carbonyl (C=O) groups is 4. The molecule has 0 saturated carbocycles. The zero-order valence-electron chi connectivity index (χ0n) is 40.1. The van der Waals surface area contributed by atoms with Gasteiger partial charge in [0.25, 0.3) is 0 Å². The number of aromatic amines is 2. The summed E-state index contributed by atoms with van der Waals surface area (Å²) in [5.41, 5.74) is 9.84. The molecule has 2 aliphatic rings. The van der Waals surface area contributed by atoms with Crippen molar-refractivity contribution in [2.24, 2.45) is 11.8 Å².